The highest BCUT2D eigenvalue weighted by Crippen LogP contribution is 2.16. The van der Waals surface area contributed by atoms with E-state index in [4.69, 9.17) is 16.2 Å². The molecule has 0 radical (unpaired) electrons. The molecule has 11 heavy (non-hydrogen) atoms. The lowest BCUT2D eigenvalue weighted by atomic mass is 10.00. The lowest BCUT2D eigenvalue weighted by Gasteiger charge is -2.10. The number of carbonyl (C=O) groups excluding carboxylic acids is 1. The van der Waals surface area contributed by atoms with Crippen LogP contribution in [0.4, 0.5) is 0 Å². The first-order valence-electron chi connectivity index (χ1n) is 3.83. The third-order valence-electron chi connectivity index (χ3n) is 1.98. The van der Waals surface area contributed by atoms with Gasteiger partial charge in [-0.25, -0.2) is 0 Å². The zero-order chi connectivity index (χ0) is 8.27. The van der Waals surface area contributed by atoms with Crippen LogP contribution < -0.4 is 11.5 Å². The Kier molecular flexibility index (Phi) is 2.84. The van der Waals surface area contributed by atoms with E-state index in [-0.39, 0.29) is 0 Å². The predicted molar refractivity (Wildman–Crippen MR) is 40.7 cm³/mol. The summed E-state index contributed by atoms with van der Waals surface area (Å²) in [5.74, 6) is 0.00870. The molecule has 1 rings (SSSR count). The molecular formula is C7H14N2O2. The second-order valence-electron chi connectivity index (χ2n) is 2.97. The van der Waals surface area contributed by atoms with Crippen LogP contribution in [0.3, 0.4) is 0 Å². The van der Waals surface area contributed by atoms with Crippen LogP contribution in [0.25, 0.3) is 0 Å². The van der Waals surface area contributed by atoms with Crippen LogP contribution in [0.15, 0.2) is 0 Å². The van der Waals surface area contributed by atoms with E-state index < -0.39 is 11.9 Å². The summed E-state index contributed by atoms with van der Waals surface area (Å²) in [5.41, 5.74) is 10.5. The molecule has 0 aromatic heterocycles. The number of nitrogens with two attached hydrogens (primary N) is 2. The molecule has 1 amide bonds. The van der Waals surface area contributed by atoms with Crippen LogP contribution in [0.1, 0.15) is 12.8 Å². The standard InChI is InChI=1S/C7H14N2O2/c8-6(7(9)10)3-5-1-2-11-4-5/h5-6H,1-4,8H2,(H2,9,10). The molecule has 64 valence electrons. The van der Waals surface area contributed by atoms with Gasteiger partial charge in [0.25, 0.3) is 0 Å². The SMILES string of the molecule is NC(=O)C(N)CC1CCOC1. The molecule has 0 spiro atoms. The first-order chi connectivity index (χ1) is 5.20. The van der Waals surface area contributed by atoms with Crippen molar-refractivity contribution in [3.63, 3.8) is 0 Å². The Labute approximate surface area is 65.9 Å². The van der Waals surface area contributed by atoms with Crippen molar-refractivity contribution in [2.75, 3.05) is 13.2 Å². The van der Waals surface area contributed by atoms with E-state index in [1.807, 2.05) is 0 Å². The van der Waals surface area contributed by atoms with Crippen LogP contribution >= 0.6 is 0 Å². The zero-order valence-corrected chi connectivity index (χ0v) is 6.45. The zero-order valence-electron chi connectivity index (χ0n) is 6.45. The molecule has 0 saturated carbocycles. The van der Waals surface area contributed by atoms with Gasteiger partial charge in [-0.15, -0.1) is 0 Å². The van der Waals surface area contributed by atoms with Gasteiger partial charge in [-0.2, -0.15) is 0 Å². The summed E-state index contributed by atoms with van der Waals surface area (Å²) in [6, 6.07) is -0.498. The summed E-state index contributed by atoms with van der Waals surface area (Å²) < 4.78 is 5.13. The second kappa shape index (κ2) is 3.69. The van der Waals surface area contributed by atoms with E-state index in [2.05, 4.69) is 0 Å². The van der Waals surface area contributed by atoms with Gasteiger partial charge in [0, 0.05) is 13.2 Å². The van der Waals surface area contributed by atoms with E-state index in [1.54, 1.807) is 0 Å². The summed E-state index contributed by atoms with van der Waals surface area (Å²) in [6.07, 6.45) is 1.66. The van der Waals surface area contributed by atoms with E-state index >= 15 is 0 Å². The maximum atomic E-state index is 10.5. The molecule has 0 aliphatic carbocycles. The number of ether oxygens (including phenoxy) is 1. The normalized spacial score (nSPS) is 26.8. The fourth-order valence-electron chi connectivity index (χ4n) is 1.24. The average Bonchev–Trinajstić information content (AvgIpc) is 2.39. The van der Waals surface area contributed by atoms with Crippen molar-refractivity contribution in [1.82, 2.24) is 0 Å². The van der Waals surface area contributed by atoms with Crippen LogP contribution in [0, 0.1) is 5.92 Å². The largest absolute Gasteiger partial charge is 0.381 e. The smallest absolute Gasteiger partial charge is 0.234 e. The Morgan fingerprint density at radius 2 is 2.45 bits per heavy atom. The van der Waals surface area contributed by atoms with Gasteiger partial charge < -0.3 is 16.2 Å². The van der Waals surface area contributed by atoms with Gasteiger partial charge in [-0.05, 0) is 18.8 Å². The number of rotatable bonds is 3. The van der Waals surface area contributed by atoms with Crippen molar-refractivity contribution in [2.45, 2.75) is 18.9 Å². The van der Waals surface area contributed by atoms with Crippen LogP contribution in [-0.2, 0) is 9.53 Å². The van der Waals surface area contributed by atoms with Crippen molar-refractivity contribution in [1.29, 1.82) is 0 Å². The van der Waals surface area contributed by atoms with Crippen molar-refractivity contribution >= 4 is 5.91 Å². The third kappa shape index (κ3) is 2.48. The second-order valence-corrected chi connectivity index (χ2v) is 2.97. The highest BCUT2D eigenvalue weighted by molar-refractivity contribution is 5.79. The van der Waals surface area contributed by atoms with Gasteiger partial charge in [-0.1, -0.05) is 0 Å². The maximum absolute atomic E-state index is 10.5. The fraction of sp³-hybridized carbons (Fsp3) is 0.857. The Balaban J connectivity index is 2.23. The lowest BCUT2D eigenvalue weighted by molar-refractivity contribution is -0.119. The van der Waals surface area contributed by atoms with Gasteiger partial charge in [0.1, 0.15) is 0 Å². The number of hydrogen-bond acceptors (Lipinski definition) is 3. The van der Waals surface area contributed by atoms with E-state index in [0.29, 0.717) is 12.3 Å². The van der Waals surface area contributed by atoms with Crippen LogP contribution in [-0.4, -0.2) is 25.2 Å². The minimum absolute atomic E-state index is 0.420. The van der Waals surface area contributed by atoms with Crippen molar-refractivity contribution in [3.05, 3.63) is 0 Å². The quantitative estimate of drug-likeness (QED) is 0.566. The molecule has 0 aromatic carbocycles. The Morgan fingerprint density at radius 3 is 2.91 bits per heavy atom. The number of primary amides is 1. The molecule has 1 fully saturated rings. The molecule has 2 atom stereocenters. The topological polar surface area (TPSA) is 78.3 Å². The van der Waals surface area contributed by atoms with Gasteiger partial charge in [0.05, 0.1) is 6.04 Å². The Hall–Kier alpha value is -0.610. The van der Waals surface area contributed by atoms with E-state index in [9.17, 15) is 4.79 Å². The Morgan fingerprint density at radius 1 is 1.73 bits per heavy atom. The summed E-state index contributed by atoms with van der Waals surface area (Å²) in [4.78, 5) is 10.5. The average molecular weight is 158 g/mol. The molecule has 2 unspecified atom stereocenters. The third-order valence-corrected chi connectivity index (χ3v) is 1.98. The molecule has 0 bridgehead atoms. The summed E-state index contributed by atoms with van der Waals surface area (Å²) >= 11 is 0. The molecule has 1 heterocycles. The number of amides is 1. The van der Waals surface area contributed by atoms with Crippen LogP contribution in [0.5, 0.6) is 0 Å². The predicted octanol–water partition coefficient (Wildman–Crippen LogP) is -0.774. The minimum atomic E-state index is -0.498. The lowest BCUT2D eigenvalue weighted by Crippen LogP contribution is -2.38. The maximum Gasteiger partial charge on any atom is 0.234 e. The highest BCUT2D eigenvalue weighted by Gasteiger charge is 2.20. The van der Waals surface area contributed by atoms with Crippen molar-refractivity contribution in [3.8, 4) is 0 Å². The molecule has 4 heteroatoms. The summed E-state index contributed by atoms with van der Waals surface area (Å²) in [5, 5.41) is 0. The van der Waals surface area contributed by atoms with Crippen molar-refractivity contribution in [2.24, 2.45) is 17.4 Å². The molecule has 1 aliphatic heterocycles. The molecule has 0 aromatic rings. The minimum Gasteiger partial charge on any atom is -0.381 e. The molecule has 1 saturated heterocycles. The molecule has 4 N–H and O–H groups in total. The van der Waals surface area contributed by atoms with Crippen molar-refractivity contribution < 1.29 is 9.53 Å². The molecule has 4 nitrogen and oxygen atoms in total. The summed E-state index contributed by atoms with van der Waals surface area (Å²) in [6.45, 7) is 1.51. The fourth-order valence-corrected chi connectivity index (χ4v) is 1.24. The van der Waals surface area contributed by atoms with Gasteiger partial charge in [-0.3, -0.25) is 4.79 Å². The number of hydrogen-bond donors (Lipinski definition) is 2. The van der Waals surface area contributed by atoms with Gasteiger partial charge >= 0.3 is 0 Å². The molecular weight excluding hydrogens is 144 g/mol. The van der Waals surface area contributed by atoms with Gasteiger partial charge in [0.2, 0.25) is 5.91 Å². The highest BCUT2D eigenvalue weighted by atomic mass is 16.5. The van der Waals surface area contributed by atoms with E-state index in [0.717, 1.165) is 19.6 Å². The Bertz CT molecular complexity index is 143. The molecule has 1 aliphatic rings. The first-order valence-corrected chi connectivity index (χ1v) is 3.83. The van der Waals surface area contributed by atoms with E-state index in [1.165, 1.54) is 0 Å². The summed E-state index contributed by atoms with van der Waals surface area (Å²) in [7, 11) is 0. The monoisotopic (exact) mass is 158 g/mol. The van der Waals surface area contributed by atoms with Crippen LogP contribution in [0.2, 0.25) is 0 Å². The first kappa shape index (κ1) is 8.49. The number of carbonyl (C=O) groups is 1. The van der Waals surface area contributed by atoms with Gasteiger partial charge in [0.15, 0.2) is 0 Å².